The first-order chi connectivity index (χ1) is 11.7. The third-order valence-corrected chi connectivity index (χ3v) is 4.13. The summed E-state index contributed by atoms with van der Waals surface area (Å²) in [6.07, 6.45) is 3.20. The molecule has 7 heteroatoms. The molecule has 24 heavy (non-hydrogen) atoms. The molecule has 0 radical (unpaired) electrons. The fourth-order valence-electron chi connectivity index (χ4n) is 2.83. The first-order valence-corrected chi connectivity index (χ1v) is 8.08. The maximum Gasteiger partial charge on any atom is 0.314 e. The van der Waals surface area contributed by atoms with E-state index >= 15 is 0 Å². The van der Waals surface area contributed by atoms with Gasteiger partial charge in [0.2, 0.25) is 0 Å². The van der Waals surface area contributed by atoms with E-state index in [4.69, 9.17) is 0 Å². The summed E-state index contributed by atoms with van der Waals surface area (Å²) in [4.78, 5) is 26.1. The average molecular weight is 327 g/mol. The van der Waals surface area contributed by atoms with Crippen LogP contribution in [0.1, 0.15) is 18.4 Å². The van der Waals surface area contributed by atoms with Crippen molar-refractivity contribution < 1.29 is 9.59 Å². The Morgan fingerprint density at radius 1 is 1.12 bits per heavy atom. The topological polar surface area (TPSA) is 90.1 Å². The number of rotatable bonds is 4. The number of hydrogen-bond acceptors (Lipinski definition) is 4. The number of aromatic amines is 1. The number of nitrogens with zero attached hydrogens (tertiary/aromatic N) is 2. The normalized spacial score (nSPS) is 15.8. The number of likely N-dealkylation sites (tertiary alicyclic amines) is 1. The molecule has 0 bridgehead atoms. The Hall–Kier alpha value is -2.67. The molecule has 3 rings (SSSR count). The van der Waals surface area contributed by atoms with E-state index in [0.29, 0.717) is 5.82 Å². The predicted molar refractivity (Wildman–Crippen MR) is 90.1 cm³/mol. The van der Waals surface area contributed by atoms with E-state index < -0.39 is 11.8 Å². The summed E-state index contributed by atoms with van der Waals surface area (Å²) in [5, 5.41) is 11.6. The smallest absolute Gasteiger partial charge is 0.314 e. The molecular weight excluding hydrogens is 306 g/mol. The lowest BCUT2D eigenvalue weighted by atomic mass is 10.0. The lowest BCUT2D eigenvalue weighted by Crippen LogP contribution is -2.47. The van der Waals surface area contributed by atoms with Gasteiger partial charge in [0.1, 0.15) is 5.82 Å². The van der Waals surface area contributed by atoms with Crippen molar-refractivity contribution in [2.24, 2.45) is 0 Å². The second-order valence-electron chi connectivity index (χ2n) is 5.93. The number of piperidine rings is 1. The highest BCUT2D eigenvalue weighted by Gasteiger charge is 2.23. The molecule has 3 N–H and O–H groups in total. The highest BCUT2D eigenvalue weighted by Crippen LogP contribution is 2.13. The fourth-order valence-corrected chi connectivity index (χ4v) is 2.83. The summed E-state index contributed by atoms with van der Waals surface area (Å²) in [6, 6.07) is 12.0. The van der Waals surface area contributed by atoms with Crippen LogP contribution in [-0.4, -0.2) is 46.0 Å². The van der Waals surface area contributed by atoms with Gasteiger partial charge in [-0.25, -0.2) is 0 Å². The first kappa shape index (κ1) is 16.2. The van der Waals surface area contributed by atoms with Gasteiger partial charge < -0.3 is 10.6 Å². The van der Waals surface area contributed by atoms with Gasteiger partial charge in [-0.3, -0.25) is 19.6 Å². The summed E-state index contributed by atoms with van der Waals surface area (Å²) in [7, 11) is 0. The van der Waals surface area contributed by atoms with Crippen molar-refractivity contribution in [2.45, 2.75) is 25.4 Å². The number of nitrogens with one attached hydrogen (secondary N) is 3. The van der Waals surface area contributed by atoms with Crippen LogP contribution in [0.15, 0.2) is 42.6 Å². The third kappa shape index (κ3) is 4.42. The zero-order valence-corrected chi connectivity index (χ0v) is 13.4. The SMILES string of the molecule is O=C(Nc1ccn[nH]1)C(=O)NC1CCN(Cc2ccccc2)CC1. The van der Waals surface area contributed by atoms with E-state index in [-0.39, 0.29) is 6.04 Å². The molecule has 1 aliphatic rings. The molecule has 126 valence electrons. The van der Waals surface area contributed by atoms with Crippen molar-refractivity contribution in [3.63, 3.8) is 0 Å². The fraction of sp³-hybridized carbons (Fsp3) is 0.353. The number of benzene rings is 1. The maximum atomic E-state index is 11.9. The van der Waals surface area contributed by atoms with E-state index in [0.717, 1.165) is 32.5 Å². The highest BCUT2D eigenvalue weighted by molar-refractivity contribution is 6.39. The zero-order valence-electron chi connectivity index (χ0n) is 13.4. The first-order valence-electron chi connectivity index (χ1n) is 8.08. The Balaban J connectivity index is 1.41. The number of carbonyl (C=O) groups is 2. The monoisotopic (exact) mass is 327 g/mol. The molecule has 2 heterocycles. The van der Waals surface area contributed by atoms with Gasteiger partial charge in [0, 0.05) is 31.7 Å². The number of aromatic nitrogens is 2. The van der Waals surface area contributed by atoms with Gasteiger partial charge in [-0.15, -0.1) is 0 Å². The van der Waals surface area contributed by atoms with Crippen molar-refractivity contribution in [1.82, 2.24) is 20.4 Å². The third-order valence-electron chi connectivity index (χ3n) is 4.13. The highest BCUT2D eigenvalue weighted by atomic mass is 16.2. The van der Waals surface area contributed by atoms with Crippen LogP contribution in [0, 0.1) is 0 Å². The van der Waals surface area contributed by atoms with Gasteiger partial charge in [0.05, 0.1) is 6.20 Å². The van der Waals surface area contributed by atoms with Crippen LogP contribution in [0.2, 0.25) is 0 Å². The lowest BCUT2D eigenvalue weighted by Gasteiger charge is -2.32. The number of anilines is 1. The largest absolute Gasteiger partial charge is 0.345 e. The standard InChI is InChI=1S/C17H21N5O2/c23-16(17(24)20-15-6-9-18-21-15)19-14-7-10-22(11-8-14)12-13-4-2-1-3-5-13/h1-6,9,14H,7-8,10-12H2,(H,19,23)(H2,18,20,21,24). The number of amides is 2. The molecule has 1 fully saturated rings. The Kier molecular flexibility index (Phi) is 5.22. The van der Waals surface area contributed by atoms with Crippen molar-refractivity contribution in [2.75, 3.05) is 18.4 Å². The van der Waals surface area contributed by atoms with Crippen LogP contribution in [0.3, 0.4) is 0 Å². The summed E-state index contributed by atoms with van der Waals surface area (Å²) in [5.74, 6) is -0.870. The molecule has 0 spiro atoms. The van der Waals surface area contributed by atoms with Crippen molar-refractivity contribution in [1.29, 1.82) is 0 Å². The Morgan fingerprint density at radius 3 is 2.54 bits per heavy atom. The van der Waals surface area contributed by atoms with Gasteiger partial charge in [-0.2, -0.15) is 5.10 Å². The van der Waals surface area contributed by atoms with Gasteiger partial charge in [0.15, 0.2) is 0 Å². The average Bonchev–Trinajstić information content (AvgIpc) is 3.10. The molecule has 1 aliphatic heterocycles. The molecule has 1 aromatic carbocycles. The second-order valence-corrected chi connectivity index (χ2v) is 5.93. The van der Waals surface area contributed by atoms with Crippen LogP contribution < -0.4 is 10.6 Å². The minimum Gasteiger partial charge on any atom is -0.345 e. The Labute approximate surface area is 140 Å². The van der Waals surface area contributed by atoms with E-state index in [1.165, 1.54) is 11.8 Å². The molecular formula is C17H21N5O2. The molecule has 2 aromatic rings. The minimum atomic E-state index is -0.675. The Morgan fingerprint density at radius 2 is 1.88 bits per heavy atom. The quantitative estimate of drug-likeness (QED) is 0.734. The summed E-state index contributed by atoms with van der Waals surface area (Å²) in [6.45, 7) is 2.73. The van der Waals surface area contributed by atoms with E-state index in [9.17, 15) is 9.59 Å². The molecule has 0 aliphatic carbocycles. The molecule has 7 nitrogen and oxygen atoms in total. The van der Waals surface area contributed by atoms with Crippen LogP contribution in [-0.2, 0) is 16.1 Å². The number of carbonyl (C=O) groups excluding carboxylic acids is 2. The van der Waals surface area contributed by atoms with Crippen LogP contribution in [0.4, 0.5) is 5.82 Å². The van der Waals surface area contributed by atoms with Crippen LogP contribution in [0.25, 0.3) is 0 Å². The lowest BCUT2D eigenvalue weighted by molar-refractivity contribution is -0.136. The molecule has 0 unspecified atom stereocenters. The van der Waals surface area contributed by atoms with E-state index in [1.807, 2.05) is 18.2 Å². The molecule has 1 saturated heterocycles. The molecule has 0 atom stereocenters. The zero-order chi connectivity index (χ0) is 16.8. The van der Waals surface area contributed by atoms with Gasteiger partial charge in [0.25, 0.3) is 0 Å². The number of H-pyrrole nitrogens is 1. The molecule has 0 saturated carbocycles. The van der Waals surface area contributed by atoms with Crippen molar-refractivity contribution >= 4 is 17.6 Å². The predicted octanol–water partition coefficient (Wildman–Crippen LogP) is 1.13. The van der Waals surface area contributed by atoms with Gasteiger partial charge in [-0.1, -0.05) is 30.3 Å². The summed E-state index contributed by atoms with van der Waals surface area (Å²) >= 11 is 0. The van der Waals surface area contributed by atoms with E-state index in [1.54, 1.807) is 6.07 Å². The second kappa shape index (κ2) is 7.74. The van der Waals surface area contributed by atoms with E-state index in [2.05, 4.69) is 37.9 Å². The minimum absolute atomic E-state index is 0.0389. The van der Waals surface area contributed by atoms with Crippen LogP contribution >= 0.6 is 0 Å². The van der Waals surface area contributed by atoms with Gasteiger partial charge >= 0.3 is 11.8 Å². The van der Waals surface area contributed by atoms with Crippen molar-refractivity contribution in [3.05, 3.63) is 48.2 Å². The van der Waals surface area contributed by atoms with Gasteiger partial charge in [-0.05, 0) is 18.4 Å². The van der Waals surface area contributed by atoms with Crippen LogP contribution in [0.5, 0.6) is 0 Å². The summed E-state index contributed by atoms with van der Waals surface area (Å²) < 4.78 is 0. The molecule has 1 aromatic heterocycles. The maximum absolute atomic E-state index is 11.9. The Bertz CT molecular complexity index is 664. The molecule has 2 amide bonds. The number of hydrogen-bond donors (Lipinski definition) is 3. The summed E-state index contributed by atoms with van der Waals surface area (Å²) in [5.41, 5.74) is 1.29. The van der Waals surface area contributed by atoms with Crippen molar-refractivity contribution in [3.8, 4) is 0 Å².